The van der Waals surface area contributed by atoms with E-state index in [0.717, 1.165) is 18.8 Å². The van der Waals surface area contributed by atoms with E-state index in [1.807, 2.05) is 24.0 Å². The molecule has 1 aliphatic heterocycles. The molecule has 1 fully saturated rings. The van der Waals surface area contributed by atoms with E-state index in [9.17, 15) is 4.79 Å². The first-order valence-electron chi connectivity index (χ1n) is 6.04. The van der Waals surface area contributed by atoms with Crippen LogP contribution in [-0.4, -0.2) is 41.0 Å². The second-order valence-electron chi connectivity index (χ2n) is 4.87. The zero-order valence-electron chi connectivity index (χ0n) is 10.6. The van der Waals surface area contributed by atoms with E-state index in [4.69, 9.17) is 0 Å². The van der Waals surface area contributed by atoms with Gasteiger partial charge in [-0.05, 0) is 32.9 Å². The van der Waals surface area contributed by atoms with Gasteiger partial charge in [-0.3, -0.25) is 9.78 Å². The molecular formula is C13H19N3O. The van der Waals surface area contributed by atoms with E-state index in [1.165, 1.54) is 0 Å². The highest BCUT2D eigenvalue weighted by Crippen LogP contribution is 2.10. The lowest BCUT2D eigenvalue weighted by Gasteiger charge is -2.36. The lowest BCUT2D eigenvalue weighted by Crippen LogP contribution is -2.55. The molecule has 1 N–H and O–H groups in total. The van der Waals surface area contributed by atoms with Gasteiger partial charge in [0.25, 0.3) is 5.91 Å². The average Bonchev–Trinajstić information content (AvgIpc) is 2.28. The summed E-state index contributed by atoms with van der Waals surface area (Å²) in [5.74, 6) is 0.0812. The van der Waals surface area contributed by atoms with Crippen molar-refractivity contribution >= 4 is 5.91 Å². The Labute approximate surface area is 102 Å². The first-order valence-corrected chi connectivity index (χ1v) is 6.04. The van der Waals surface area contributed by atoms with Crippen molar-refractivity contribution < 1.29 is 4.79 Å². The minimum atomic E-state index is 0.0812. The molecule has 2 unspecified atom stereocenters. The number of hydrogen-bond donors (Lipinski definition) is 1. The second kappa shape index (κ2) is 4.84. The van der Waals surface area contributed by atoms with Crippen molar-refractivity contribution in [2.45, 2.75) is 32.9 Å². The van der Waals surface area contributed by atoms with Gasteiger partial charge in [-0.1, -0.05) is 0 Å². The molecule has 0 saturated carbocycles. The predicted molar refractivity (Wildman–Crippen MR) is 66.9 cm³/mol. The SMILES string of the molecule is Cc1ccc(C(=O)N2CC(C)NC(C)C2)cn1. The third-order valence-corrected chi connectivity index (χ3v) is 3.00. The Balaban J connectivity index is 2.11. The van der Waals surface area contributed by atoms with Crippen LogP contribution in [0.4, 0.5) is 0 Å². The molecule has 1 saturated heterocycles. The molecule has 92 valence electrons. The Hall–Kier alpha value is -1.42. The van der Waals surface area contributed by atoms with Crippen LogP contribution in [0.2, 0.25) is 0 Å². The molecule has 2 rings (SSSR count). The van der Waals surface area contributed by atoms with Crippen LogP contribution in [0.25, 0.3) is 0 Å². The number of carbonyl (C=O) groups excluding carboxylic acids is 1. The number of amides is 1. The Kier molecular flexibility index (Phi) is 3.43. The molecule has 0 spiro atoms. The quantitative estimate of drug-likeness (QED) is 0.793. The van der Waals surface area contributed by atoms with Gasteiger partial charge >= 0.3 is 0 Å². The average molecular weight is 233 g/mol. The van der Waals surface area contributed by atoms with Crippen molar-refractivity contribution in [1.29, 1.82) is 0 Å². The van der Waals surface area contributed by atoms with E-state index in [-0.39, 0.29) is 5.91 Å². The van der Waals surface area contributed by atoms with Crippen LogP contribution in [0.5, 0.6) is 0 Å². The molecule has 0 aromatic carbocycles. The summed E-state index contributed by atoms with van der Waals surface area (Å²) in [6.07, 6.45) is 1.66. The number of piperazine rings is 1. The summed E-state index contributed by atoms with van der Waals surface area (Å²) in [7, 11) is 0. The summed E-state index contributed by atoms with van der Waals surface area (Å²) < 4.78 is 0. The molecule has 4 nitrogen and oxygen atoms in total. The highest BCUT2D eigenvalue weighted by Gasteiger charge is 2.25. The van der Waals surface area contributed by atoms with Gasteiger partial charge in [-0.25, -0.2) is 0 Å². The molecule has 1 aromatic rings. The molecule has 4 heteroatoms. The molecule has 0 bridgehead atoms. The lowest BCUT2D eigenvalue weighted by molar-refractivity contribution is 0.0673. The van der Waals surface area contributed by atoms with Crippen LogP contribution in [-0.2, 0) is 0 Å². The van der Waals surface area contributed by atoms with Gasteiger partial charge in [0, 0.05) is 37.1 Å². The first kappa shape index (κ1) is 12.0. The van der Waals surface area contributed by atoms with E-state index in [2.05, 4.69) is 24.1 Å². The predicted octanol–water partition coefficient (Wildman–Crippen LogP) is 1.21. The van der Waals surface area contributed by atoms with Gasteiger partial charge in [-0.15, -0.1) is 0 Å². The fraction of sp³-hybridized carbons (Fsp3) is 0.538. The minimum absolute atomic E-state index is 0.0812. The smallest absolute Gasteiger partial charge is 0.255 e. The largest absolute Gasteiger partial charge is 0.335 e. The van der Waals surface area contributed by atoms with Crippen LogP contribution in [0.1, 0.15) is 29.9 Å². The van der Waals surface area contributed by atoms with E-state index in [0.29, 0.717) is 17.6 Å². The Morgan fingerprint density at radius 3 is 2.53 bits per heavy atom. The standard InChI is InChI=1S/C13H19N3O/c1-9-4-5-12(6-14-9)13(17)16-7-10(2)15-11(3)8-16/h4-6,10-11,15H,7-8H2,1-3H3. The maximum Gasteiger partial charge on any atom is 0.255 e. The number of nitrogens with zero attached hydrogens (tertiary/aromatic N) is 2. The summed E-state index contributed by atoms with van der Waals surface area (Å²) >= 11 is 0. The third-order valence-electron chi connectivity index (χ3n) is 3.00. The molecule has 1 amide bonds. The highest BCUT2D eigenvalue weighted by atomic mass is 16.2. The third kappa shape index (κ3) is 2.82. The topological polar surface area (TPSA) is 45.2 Å². The minimum Gasteiger partial charge on any atom is -0.335 e. The van der Waals surface area contributed by atoms with Crippen molar-refractivity contribution in [2.75, 3.05) is 13.1 Å². The van der Waals surface area contributed by atoms with Gasteiger partial charge in [0.2, 0.25) is 0 Å². The van der Waals surface area contributed by atoms with E-state index in [1.54, 1.807) is 6.20 Å². The monoisotopic (exact) mass is 233 g/mol. The van der Waals surface area contributed by atoms with Gasteiger partial charge in [0.1, 0.15) is 0 Å². The summed E-state index contributed by atoms with van der Waals surface area (Å²) in [6.45, 7) is 7.64. The normalized spacial score (nSPS) is 24.8. The number of carbonyl (C=O) groups is 1. The van der Waals surface area contributed by atoms with Crippen molar-refractivity contribution in [3.8, 4) is 0 Å². The van der Waals surface area contributed by atoms with Crippen LogP contribution in [0.15, 0.2) is 18.3 Å². The molecule has 1 aromatic heterocycles. The van der Waals surface area contributed by atoms with Crippen LogP contribution in [0.3, 0.4) is 0 Å². The Bertz CT molecular complexity index is 392. The summed E-state index contributed by atoms with van der Waals surface area (Å²) in [6, 6.07) is 4.42. The van der Waals surface area contributed by atoms with Gasteiger partial charge in [-0.2, -0.15) is 0 Å². The summed E-state index contributed by atoms with van der Waals surface area (Å²) in [5.41, 5.74) is 1.61. The second-order valence-corrected chi connectivity index (χ2v) is 4.87. The van der Waals surface area contributed by atoms with Crippen molar-refractivity contribution in [1.82, 2.24) is 15.2 Å². The van der Waals surface area contributed by atoms with E-state index < -0.39 is 0 Å². The fourth-order valence-electron chi connectivity index (χ4n) is 2.27. The van der Waals surface area contributed by atoms with Crippen LogP contribution >= 0.6 is 0 Å². The van der Waals surface area contributed by atoms with Gasteiger partial charge in [0.05, 0.1) is 5.56 Å². The van der Waals surface area contributed by atoms with Crippen molar-refractivity contribution in [3.63, 3.8) is 0 Å². The number of aryl methyl sites for hydroxylation is 1. The van der Waals surface area contributed by atoms with Gasteiger partial charge in [0.15, 0.2) is 0 Å². The number of hydrogen-bond acceptors (Lipinski definition) is 3. The van der Waals surface area contributed by atoms with Crippen LogP contribution in [0, 0.1) is 6.92 Å². The molecule has 0 aliphatic carbocycles. The van der Waals surface area contributed by atoms with E-state index >= 15 is 0 Å². The Morgan fingerprint density at radius 2 is 2.00 bits per heavy atom. The highest BCUT2D eigenvalue weighted by molar-refractivity contribution is 5.94. The number of aromatic nitrogens is 1. The molecule has 17 heavy (non-hydrogen) atoms. The molecular weight excluding hydrogens is 214 g/mol. The number of nitrogens with one attached hydrogen (secondary N) is 1. The Morgan fingerprint density at radius 1 is 1.35 bits per heavy atom. The molecule has 1 aliphatic rings. The molecule has 2 heterocycles. The fourth-order valence-corrected chi connectivity index (χ4v) is 2.27. The van der Waals surface area contributed by atoms with Gasteiger partial charge < -0.3 is 10.2 Å². The zero-order chi connectivity index (χ0) is 12.4. The summed E-state index contributed by atoms with van der Waals surface area (Å²) in [4.78, 5) is 18.3. The van der Waals surface area contributed by atoms with Crippen LogP contribution < -0.4 is 5.32 Å². The lowest BCUT2D eigenvalue weighted by atomic mass is 10.1. The molecule has 2 atom stereocenters. The zero-order valence-corrected chi connectivity index (χ0v) is 10.6. The number of rotatable bonds is 1. The van der Waals surface area contributed by atoms with Crippen molar-refractivity contribution in [3.05, 3.63) is 29.6 Å². The maximum atomic E-state index is 12.3. The number of pyridine rings is 1. The van der Waals surface area contributed by atoms with Crippen molar-refractivity contribution in [2.24, 2.45) is 0 Å². The molecule has 0 radical (unpaired) electrons. The summed E-state index contributed by atoms with van der Waals surface area (Å²) in [5, 5.41) is 3.42. The maximum absolute atomic E-state index is 12.3. The first-order chi connectivity index (χ1) is 8.06.